The van der Waals surface area contributed by atoms with Crippen molar-refractivity contribution in [2.75, 3.05) is 83.6 Å². The van der Waals surface area contributed by atoms with Gasteiger partial charge in [-0.25, -0.2) is 0 Å². The van der Waals surface area contributed by atoms with Crippen LogP contribution in [0.4, 0.5) is 0 Å². The summed E-state index contributed by atoms with van der Waals surface area (Å²) in [7, 11) is -3.87. The van der Waals surface area contributed by atoms with Crippen LogP contribution in [-0.4, -0.2) is 129 Å². The third-order valence-electron chi connectivity index (χ3n) is 14.2. The molecule has 0 aromatic rings. The van der Waals surface area contributed by atoms with Gasteiger partial charge in [-0.05, 0) is 95.2 Å². The van der Waals surface area contributed by atoms with E-state index >= 15 is 0 Å². The molecule has 0 spiro atoms. The summed E-state index contributed by atoms with van der Waals surface area (Å²) < 4.78 is 19.6. The van der Waals surface area contributed by atoms with Crippen LogP contribution < -0.4 is 5.32 Å². The predicted molar refractivity (Wildman–Crippen MR) is 189 cm³/mol. The van der Waals surface area contributed by atoms with Crippen molar-refractivity contribution < 1.29 is 14.3 Å². The van der Waals surface area contributed by atoms with Crippen LogP contribution in [0.15, 0.2) is 0 Å². The molecule has 8 fully saturated rings. The first kappa shape index (κ1) is 32.6. The highest BCUT2D eigenvalue weighted by Gasteiger charge is 3.00. The van der Waals surface area contributed by atoms with E-state index in [9.17, 15) is 0 Å². The van der Waals surface area contributed by atoms with Gasteiger partial charge in [0.05, 0.1) is 18.1 Å². The van der Waals surface area contributed by atoms with Gasteiger partial charge in [-0.3, -0.25) is 18.9 Å². The molecule has 10 heteroatoms. The van der Waals surface area contributed by atoms with Gasteiger partial charge in [-0.15, -0.1) is 25.3 Å². The molecule has 45 heavy (non-hydrogen) atoms. The molecule has 0 aromatic carbocycles. The van der Waals surface area contributed by atoms with Gasteiger partial charge in [-0.2, -0.15) is 0 Å². The largest absolute Gasteiger partial charge is 0.369 e. The summed E-state index contributed by atoms with van der Waals surface area (Å²) in [5.74, 6) is 2.50. The second-order valence-corrected chi connectivity index (χ2v) is 24.3. The summed E-state index contributed by atoms with van der Waals surface area (Å²) in [6.45, 7) is 14.7. The van der Waals surface area contributed by atoms with Crippen molar-refractivity contribution in [3.05, 3.63) is 0 Å². The Kier molecular flexibility index (Phi) is 8.91. The van der Waals surface area contributed by atoms with Crippen molar-refractivity contribution in [2.24, 2.45) is 0 Å². The van der Waals surface area contributed by atoms with Gasteiger partial charge in [0.25, 0.3) is 0 Å². The van der Waals surface area contributed by atoms with E-state index in [1.807, 2.05) is 0 Å². The Morgan fingerprint density at radius 1 is 0.778 bits per heavy atom. The lowest BCUT2D eigenvalue weighted by atomic mass is 10.0. The zero-order chi connectivity index (χ0) is 30.5. The van der Waals surface area contributed by atoms with Crippen LogP contribution in [0.5, 0.6) is 0 Å². The quantitative estimate of drug-likeness (QED) is 0.300. The normalized spacial score (nSPS) is 42.6. The minimum Gasteiger partial charge on any atom is -0.369 e. The summed E-state index contributed by atoms with van der Waals surface area (Å²) in [5, 5.41) is 5.74. The Bertz CT molecular complexity index is 1040. The summed E-state index contributed by atoms with van der Waals surface area (Å²) in [4.78, 5) is 13.7. The SMILES string of the molecule is CCCS(C1CCO1)(C1CCS1)(N1CCCCCC1)(C12CCCCCN1O2)C1(N2CCC2)OCCCCC1N1CCCNCC1. The lowest BCUT2D eigenvalue weighted by Crippen LogP contribution is -2.91. The van der Waals surface area contributed by atoms with Crippen molar-refractivity contribution in [1.29, 1.82) is 0 Å². The molecule has 8 rings (SSSR count). The zero-order valence-electron chi connectivity index (χ0n) is 28.6. The third kappa shape index (κ3) is 3.77. The van der Waals surface area contributed by atoms with E-state index in [0.717, 1.165) is 45.8 Å². The van der Waals surface area contributed by atoms with Crippen molar-refractivity contribution in [3.63, 3.8) is 0 Å². The van der Waals surface area contributed by atoms with Crippen LogP contribution in [-0.2, 0) is 14.3 Å². The molecule has 0 saturated carbocycles. The minimum atomic E-state index is -3.87. The average molecular weight is 668 g/mol. The van der Waals surface area contributed by atoms with Crippen molar-refractivity contribution in [1.82, 2.24) is 24.5 Å². The second-order valence-electron chi connectivity index (χ2n) is 15.8. The Hall–Kier alpha value is 0.380. The second kappa shape index (κ2) is 12.3. The lowest BCUT2D eigenvalue weighted by Gasteiger charge is -2.98. The van der Waals surface area contributed by atoms with E-state index in [1.165, 1.54) is 141 Å². The van der Waals surface area contributed by atoms with E-state index in [1.54, 1.807) is 0 Å². The Morgan fingerprint density at radius 2 is 1.58 bits per heavy atom. The van der Waals surface area contributed by atoms with Gasteiger partial charge < -0.3 is 14.8 Å². The average Bonchev–Trinajstić information content (AvgIpc) is 3.77. The molecule has 6 atom stereocenters. The van der Waals surface area contributed by atoms with E-state index in [2.05, 4.69) is 43.2 Å². The van der Waals surface area contributed by atoms with Crippen LogP contribution in [0.2, 0.25) is 0 Å². The molecular formula is C35H65N5O3S2. The minimum absolute atomic E-state index is 0.218. The maximum absolute atomic E-state index is 8.29. The maximum atomic E-state index is 8.29. The molecular weight excluding hydrogens is 603 g/mol. The van der Waals surface area contributed by atoms with Gasteiger partial charge in [0.1, 0.15) is 0 Å². The highest BCUT2D eigenvalue weighted by Crippen LogP contribution is 3.14. The van der Waals surface area contributed by atoms with Crippen LogP contribution >= 0.6 is 20.2 Å². The van der Waals surface area contributed by atoms with E-state index in [0.29, 0.717) is 10.6 Å². The number of hydroxylamine groups is 2. The molecule has 8 nitrogen and oxygen atoms in total. The fourth-order valence-electron chi connectivity index (χ4n) is 12.5. The molecule has 8 aliphatic heterocycles. The monoisotopic (exact) mass is 667 g/mol. The van der Waals surface area contributed by atoms with Gasteiger partial charge in [0, 0.05) is 69.8 Å². The van der Waals surface area contributed by atoms with Gasteiger partial charge in [0.2, 0.25) is 5.06 Å². The molecule has 8 aliphatic rings. The molecule has 8 saturated heterocycles. The van der Waals surface area contributed by atoms with Crippen LogP contribution in [0.1, 0.15) is 110 Å². The van der Waals surface area contributed by atoms with E-state index in [-0.39, 0.29) is 10.5 Å². The number of thioether (sulfide) groups is 1. The number of fused-ring (bicyclic) bond motifs is 1. The summed E-state index contributed by atoms with van der Waals surface area (Å²) in [6, 6.07) is 0.366. The fourth-order valence-corrected chi connectivity index (χ4v) is 30.3. The summed E-state index contributed by atoms with van der Waals surface area (Å²) in [5.41, 5.74) is 0.218. The molecule has 6 unspecified atom stereocenters. The van der Waals surface area contributed by atoms with Crippen molar-refractivity contribution in [2.45, 2.75) is 136 Å². The van der Waals surface area contributed by atoms with E-state index in [4.69, 9.17) is 14.3 Å². The highest BCUT2D eigenvalue weighted by atomic mass is 32.4. The fraction of sp³-hybridized carbons (Fsp3) is 1.00. The molecule has 0 amide bonds. The number of rotatable bonds is 9. The number of nitrogens with one attached hydrogen (secondary N) is 1. The first-order chi connectivity index (χ1) is 22.2. The van der Waals surface area contributed by atoms with E-state index < -0.39 is 13.5 Å². The number of likely N-dealkylation sites (tertiary alicyclic amines) is 1. The highest BCUT2D eigenvalue weighted by molar-refractivity contribution is 8.68. The molecule has 260 valence electrons. The molecule has 1 N–H and O–H groups in total. The smallest absolute Gasteiger partial charge is 0.201 e. The van der Waals surface area contributed by atoms with Gasteiger partial charge in [-0.1, -0.05) is 26.2 Å². The van der Waals surface area contributed by atoms with Gasteiger partial charge in [0.15, 0.2) is 5.06 Å². The maximum Gasteiger partial charge on any atom is 0.201 e. The van der Waals surface area contributed by atoms with Crippen molar-refractivity contribution >= 4 is 20.2 Å². The first-order valence-electron chi connectivity index (χ1n) is 19.5. The Balaban J connectivity index is 1.53. The number of ether oxygens (including phenoxy) is 2. The summed E-state index contributed by atoms with van der Waals surface area (Å²) >= 11 is 2.34. The van der Waals surface area contributed by atoms with Gasteiger partial charge >= 0.3 is 0 Å². The number of hydrogen-bond acceptors (Lipinski definition) is 9. The van der Waals surface area contributed by atoms with Crippen LogP contribution in [0.25, 0.3) is 0 Å². The standard InChI is InChI=1S/C35H65N5O3S2/c1-2-30-45(32-15-28-41-32,33-16-29-44-33,39-23-8-3-4-9-24-39,34-17-7-5-10-25-40(34)43-34)35(38-21-13-22-38)31(14-6-11-27-42-35)37-20-12-18-36-19-26-37/h31-33,36H,2-30H2,1H3. The third-order valence-corrected chi connectivity index (χ3v) is 28.6. The predicted octanol–water partition coefficient (Wildman–Crippen LogP) is 5.97. The van der Waals surface area contributed by atoms with Crippen LogP contribution in [0.3, 0.4) is 0 Å². The Labute approximate surface area is 277 Å². The zero-order valence-corrected chi connectivity index (χ0v) is 30.2. The molecule has 0 aliphatic carbocycles. The van der Waals surface area contributed by atoms with Crippen LogP contribution in [0, 0.1) is 0 Å². The molecule has 0 bridgehead atoms. The number of hydrogen-bond donors (Lipinski definition) is 1. The van der Waals surface area contributed by atoms with Crippen molar-refractivity contribution in [3.8, 4) is 0 Å². The molecule has 0 aromatic heterocycles. The lowest BCUT2D eigenvalue weighted by molar-refractivity contribution is -0.167. The Morgan fingerprint density at radius 3 is 2.27 bits per heavy atom. The first-order valence-corrected chi connectivity index (χ1v) is 23.2. The topological polar surface area (TPSA) is 55.8 Å². The number of nitrogens with zero attached hydrogens (tertiary/aromatic N) is 4. The molecule has 0 radical (unpaired) electrons. The molecule has 8 heterocycles. The summed E-state index contributed by atoms with van der Waals surface area (Å²) in [6.07, 6.45) is 20.2.